The molecule has 0 aliphatic heterocycles. The predicted octanol–water partition coefficient (Wildman–Crippen LogP) is 2.07. The van der Waals surface area contributed by atoms with Gasteiger partial charge in [-0.15, -0.1) is 0 Å². The maximum absolute atomic E-state index is 12.2. The fourth-order valence-corrected chi connectivity index (χ4v) is 2.85. The van der Waals surface area contributed by atoms with Gasteiger partial charge in [0.05, 0.1) is 17.7 Å². The van der Waals surface area contributed by atoms with Crippen LogP contribution in [0.3, 0.4) is 0 Å². The van der Waals surface area contributed by atoms with Crippen LogP contribution in [0.25, 0.3) is 0 Å². The quantitative estimate of drug-likeness (QED) is 0.545. The Balaban J connectivity index is 2.00. The lowest BCUT2D eigenvalue weighted by molar-refractivity contribution is -0.115. The number of rotatable bonds is 8. The molecule has 0 saturated carbocycles. The maximum atomic E-state index is 12.2. The first-order valence-electron chi connectivity index (χ1n) is 7.93. The van der Waals surface area contributed by atoms with Crippen molar-refractivity contribution in [2.75, 3.05) is 30.9 Å². The summed E-state index contributed by atoms with van der Waals surface area (Å²) in [5.41, 5.74) is 2.49. The fourth-order valence-electron chi connectivity index (χ4n) is 2.06. The summed E-state index contributed by atoms with van der Waals surface area (Å²) in [6, 6.07) is 13.6. The van der Waals surface area contributed by atoms with Crippen LogP contribution in [0.2, 0.25) is 0 Å². The summed E-state index contributed by atoms with van der Waals surface area (Å²) in [6.45, 7) is 1.67. The molecule has 7 nitrogen and oxygen atoms in total. The van der Waals surface area contributed by atoms with E-state index in [0.29, 0.717) is 5.69 Å². The molecule has 0 amide bonds. The highest BCUT2D eigenvalue weighted by atomic mass is 32.2. The molecule has 26 heavy (non-hydrogen) atoms. The van der Waals surface area contributed by atoms with Crippen LogP contribution < -0.4 is 15.0 Å². The van der Waals surface area contributed by atoms with Crippen LogP contribution in [0, 0.1) is 0 Å². The van der Waals surface area contributed by atoms with Gasteiger partial charge in [0.15, 0.2) is 0 Å². The summed E-state index contributed by atoms with van der Waals surface area (Å²) in [7, 11) is 0.134. The zero-order chi connectivity index (χ0) is 19.2. The number of nitrogens with one attached hydrogen (secondary N) is 2. The van der Waals surface area contributed by atoms with Crippen molar-refractivity contribution < 1.29 is 13.2 Å². The molecular formula is C18H22N4O3S. The number of carbonyl (C=O) groups excluding carboxylic acids is 1. The van der Waals surface area contributed by atoms with E-state index in [0.717, 1.165) is 11.3 Å². The Morgan fingerprint density at radius 2 is 1.69 bits per heavy atom. The Morgan fingerprint density at radius 1 is 1.08 bits per heavy atom. The minimum absolute atomic E-state index is 0.00341. The van der Waals surface area contributed by atoms with Crippen LogP contribution in [0.15, 0.2) is 58.5 Å². The van der Waals surface area contributed by atoms with Gasteiger partial charge in [-0.25, -0.2) is 4.83 Å². The summed E-state index contributed by atoms with van der Waals surface area (Å²) < 4.78 is 24.5. The molecule has 0 aromatic heterocycles. The Bertz CT molecular complexity index is 874. The molecular weight excluding hydrogens is 352 g/mol. The number of carbonyl (C=O) groups is 1. The second-order valence-corrected chi connectivity index (χ2v) is 7.58. The molecule has 0 radical (unpaired) electrons. The lowest BCUT2D eigenvalue weighted by Crippen LogP contribution is -2.18. The van der Waals surface area contributed by atoms with E-state index < -0.39 is 10.0 Å². The summed E-state index contributed by atoms with van der Waals surface area (Å²) in [6.07, 6.45) is 1.44. The summed E-state index contributed by atoms with van der Waals surface area (Å²) in [5, 5.41) is 6.71. The number of anilines is 2. The van der Waals surface area contributed by atoms with Crippen LogP contribution in [0.5, 0.6) is 0 Å². The Hall–Kier alpha value is -2.87. The van der Waals surface area contributed by atoms with Crippen molar-refractivity contribution in [3.8, 4) is 0 Å². The molecule has 2 rings (SSSR count). The van der Waals surface area contributed by atoms with Crippen molar-refractivity contribution in [3.63, 3.8) is 0 Å². The molecule has 0 bridgehead atoms. The third kappa shape index (κ3) is 5.59. The minimum atomic E-state index is -3.75. The topological polar surface area (TPSA) is 90.9 Å². The van der Waals surface area contributed by atoms with Gasteiger partial charge < -0.3 is 10.2 Å². The van der Waals surface area contributed by atoms with E-state index in [4.69, 9.17) is 0 Å². The van der Waals surface area contributed by atoms with Gasteiger partial charge in [-0.2, -0.15) is 13.5 Å². The molecule has 0 aliphatic rings. The smallest absolute Gasteiger partial charge is 0.276 e. The van der Waals surface area contributed by atoms with Gasteiger partial charge >= 0.3 is 0 Å². The molecule has 0 heterocycles. The first-order chi connectivity index (χ1) is 12.3. The van der Waals surface area contributed by atoms with E-state index in [1.54, 1.807) is 12.1 Å². The van der Waals surface area contributed by atoms with Crippen molar-refractivity contribution in [2.24, 2.45) is 5.10 Å². The molecule has 0 saturated heterocycles. The van der Waals surface area contributed by atoms with Crippen molar-refractivity contribution in [3.05, 3.63) is 54.1 Å². The molecule has 2 aromatic carbocycles. The van der Waals surface area contributed by atoms with Crippen molar-refractivity contribution in [1.82, 2.24) is 4.83 Å². The number of hydrazone groups is 1. The third-order valence-electron chi connectivity index (χ3n) is 3.50. The number of sulfonamides is 1. The second kappa shape index (κ2) is 8.48. The van der Waals surface area contributed by atoms with Gasteiger partial charge in [0.25, 0.3) is 10.0 Å². The number of hydrogen-bond donors (Lipinski definition) is 2. The highest BCUT2D eigenvalue weighted by Crippen LogP contribution is 2.14. The van der Waals surface area contributed by atoms with Crippen LogP contribution in [-0.2, 0) is 14.8 Å². The molecule has 2 aromatic rings. The van der Waals surface area contributed by atoms with Crippen LogP contribution in [0.1, 0.15) is 12.5 Å². The molecule has 0 aliphatic carbocycles. The van der Waals surface area contributed by atoms with Gasteiger partial charge in [0.1, 0.15) is 5.78 Å². The average molecular weight is 374 g/mol. The van der Waals surface area contributed by atoms with E-state index in [9.17, 15) is 13.2 Å². The molecule has 2 N–H and O–H groups in total. The predicted molar refractivity (Wildman–Crippen MR) is 104 cm³/mol. The molecule has 138 valence electrons. The SMILES string of the molecule is CC(=O)CNc1ccc(S(=O)(=O)N/N=C\c2ccc(N(C)C)cc2)cc1. The van der Waals surface area contributed by atoms with E-state index >= 15 is 0 Å². The molecule has 0 spiro atoms. The highest BCUT2D eigenvalue weighted by molar-refractivity contribution is 7.89. The van der Waals surface area contributed by atoms with E-state index in [1.165, 1.54) is 25.3 Å². The monoisotopic (exact) mass is 374 g/mol. The molecule has 0 atom stereocenters. The van der Waals surface area contributed by atoms with Gasteiger partial charge in [0, 0.05) is 25.5 Å². The van der Waals surface area contributed by atoms with Crippen molar-refractivity contribution in [2.45, 2.75) is 11.8 Å². The minimum Gasteiger partial charge on any atom is -0.378 e. The summed E-state index contributed by atoms with van der Waals surface area (Å²) >= 11 is 0. The van der Waals surface area contributed by atoms with Crippen LogP contribution >= 0.6 is 0 Å². The first-order valence-corrected chi connectivity index (χ1v) is 9.42. The van der Waals surface area contributed by atoms with Crippen molar-refractivity contribution >= 4 is 33.4 Å². The van der Waals surface area contributed by atoms with E-state index in [2.05, 4.69) is 15.2 Å². The lowest BCUT2D eigenvalue weighted by atomic mass is 10.2. The summed E-state index contributed by atoms with van der Waals surface area (Å²) in [5.74, 6) is -0.00341. The van der Waals surface area contributed by atoms with Gasteiger partial charge in [-0.3, -0.25) is 4.79 Å². The number of ketones is 1. The van der Waals surface area contributed by atoms with E-state index in [1.807, 2.05) is 43.3 Å². The Kier molecular flexibility index (Phi) is 6.35. The van der Waals surface area contributed by atoms with Gasteiger partial charge in [-0.05, 0) is 48.9 Å². The third-order valence-corrected chi connectivity index (χ3v) is 4.74. The maximum Gasteiger partial charge on any atom is 0.276 e. The Morgan fingerprint density at radius 3 is 2.23 bits per heavy atom. The van der Waals surface area contributed by atoms with E-state index in [-0.39, 0.29) is 17.2 Å². The Labute approximate surface area is 153 Å². The largest absolute Gasteiger partial charge is 0.378 e. The van der Waals surface area contributed by atoms with Crippen LogP contribution in [-0.4, -0.2) is 41.1 Å². The normalized spacial score (nSPS) is 11.3. The number of Topliss-reactive ketones (excluding diaryl/α,β-unsaturated/α-hetero) is 1. The zero-order valence-corrected chi connectivity index (χ0v) is 15.7. The molecule has 8 heteroatoms. The molecule has 0 unspecified atom stereocenters. The zero-order valence-electron chi connectivity index (χ0n) is 14.9. The van der Waals surface area contributed by atoms with Crippen molar-refractivity contribution in [1.29, 1.82) is 0 Å². The van der Waals surface area contributed by atoms with Gasteiger partial charge in [0.2, 0.25) is 0 Å². The summed E-state index contributed by atoms with van der Waals surface area (Å²) in [4.78, 5) is 15.2. The number of hydrogen-bond acceptors (Lipinski definition) is 6. The highest BCUT2D eigenvalue weighted by Gasteiger charge is 2.12. The van der Waals surface area contributed by atoms with Gasteiger partial charge in [-0.1, -0.05) is 12.1 Å². The standard InChI is InChI=1S/C18H22N4O3S/c1-14(23)12-19-16-6-10-18(11-7-16)26(24,25)21-20-13-15-4-8-17(9-5-15)22(2)3/h4-11,13,19,21H,12H2,1-3H3/b20-13-. The number of nitrogens with zero attached hydrogens (tertiary/aromatic N) is 2. The second-order valence-electron chi connectivity index (χ2n) is 5.92. The lowest BCUT2D eigenvalue weighted by Gasteiger charge is -2.11. The fraction of sp³-hybridized carbons (Fsp3) is 0.222. The average Bonchev–Trinajstić information content (AvgIpc) is 2.60. The molecule has 0 fully saturated rings. The number of benzene rings is 2. The van der Waals surface area contributed by atoms with Crippen LogP contribution in [0.4, 0.5) is 11.4 Å². The first kappa shape index (κ1) is 19.5.